The van der Waals surface area contributed by atoms with Gasteiger partial charge in [-0.15, -0.1) is 0 Å². The van der Waals surface area contributed by atoms with Crippen molar-refractivity contribution in [2.75, 3.05) is 26.2 Å². The fourth-order valence-corrected chi connectivity index (χ4v) is 3.77. The van der Waals surface area contributed by atoms with Crippen molar-refractivity contribution < 1.29 is 14.0 Å². The maximum absolute atomic E-state index is 13.2. The normalized spacial score (nSPS) is 15.8. The SMILES string of the molecule is CC(C)C(NC(=O)c1ccccc1)C(=O)N1CCN(Cc2ccc(F)cc2Cl)CC1. The summed E-state index contributed by atoms with van der Waals surface area (Å²) in [6, 6.07) is 12.8. The van der Waals surface area contributed by atoms with E-state index < -0.39 is 6.04 Å². The molecule has 7 heteroatoms. The molecule has 0 aliphatic carbocycles. The third kappa shape index (κ3) is 5.58. The number of carbonyl (C=O) groups is 2. The molecule has 1 unspecified atom stereocenters. The van der Waals surface area contributed by atoms with Crippen LogP contribution in [0.15, 0.2) is 48.5 Å². The lowest BCUT2D eigenvalue weighted by atomic mass is 10.0. The summed E-state index contributed by atoms with van der Waals surface area (Å²) in [7, 11) is 0. The molecule has 1 fully saturated rings. The van der Waals surface area contributed by atoms with E-state index in [2.05, 4.69) is 10.2 Å². The maximum Gasteiger partial charge on any atom is 0.251 e. The lowest BCUT2D eigenvalue weighted by Crippen LogP contribution is -2.56. The molecule has 0 saturated carbocycles. The van der Waals surface area contributed by atoms with E-state index in [-0.39, 0.29) is 23.5 Å². The lowest BCUT2D eigenvalue weighted by Gasteiger charge is -2.37. The molecule has 2 aromatic carbocycles. The van der Waals surface area contributed by atoms with Crippen LogP contribution in [0.3, 0.4) is 0 Å². The van der Waals surface area contributed by atoms with E-state index in [1.165, 1.54) is 12.1 Å². The smallest absolute Gasteiger partial charge is 0.251 e. The molecule has 2 amide bonds. The first-order valence-electron chi connectivity index (χ1n) is 10.2. The second-order valence-electron chi connectivity index (χ2n) is 7.90. The van der Waals surface area contributed by atoms with Crippen molar-refractivity contribution in [3.8, 4) is 0 Å². The van der Waals surface area contributed by atoms with Gasteiger partial charge in [-0.25, -0.2) is 4.39 Å². The number of amides is 2. The average molecular weight is 432 g/mol. The molecule has 1 aliphatic heterocycles. The molecular formula is C23H27ClFN3O2. The monoisotopic (exact) mass is 431 g/mol. The Morgan fingerprint density at radius 1 is 1.07 bits per heavy atom. The predicted molar refractivity (Wildman–Crippen MR) is 116 cm³/mol. The van der Waals surface area contributed by atoms with Gasteiger partial charge < -0.3 is 10.2 Å². The Kier molecular flexibility index (Phi) is 7.45. The highest BCUT2D eigenvalue weighted by Crippen LogP contribution is 2.20. The third-order valence-electron chi connectivity index (χ3n) is 5.35. The largest absolute Gasteiger partial charge is 0.340 e. The van der Waals surface area contributed by atoms with E-state index in [0.717, 1.165) is 5.56 Å². The fourth-order valence-electron chi connectivity index (χ4n) is 3.54. The molecule has 0 radical (unpaired) electrons. The van der Waals surface area contributed by atoms with Crippen molar-refractivity contribution in [1.29, 1.82) is 0 Å². The molecule has 0 bridgehead atoms. The minimum absolute atomic E-state index is 0.0267. The van der Waals surface area contributed by atoms with Crippen molar-refractivity contribution in [2.45, 2.75) is 26.4 Å². The minimum atomic E-state index is -0.573. The van der Waals surface area contributed by atoms with Gasteiger partial charge in [-0.2, -0.15) is 0 Å². The van der Waals surface area contributed by atoms with E-state index in [9.17, 15) is 14.0 Å². The number of halogens is 2. The Labute approximate surface area is 181 Å². The molecule has 160 valence electrons. The minimum Gasteiger partial charge on any atom is -0.340 e. The quantitative estimate of drug-likeness (QED) is 0.760. The van der Waals surface area contributed by atoms with Crippen LogP contribution >= 0.6 is 11.6 Å². The molecule has 1 aliphatic rings. The number of rotatable bonds is 6. The van der Waals surface area contributed by atoms with Gasteiger partial charge in [0.1, 0.15) is 11.9 Å². The highest BCUT2D eigenvalue weighted by atomic mass is 35.5. The molecule has 1 heterocycles. The van der Waals surface area contributed by atoms with E-state index >= 15 is 0 Å². The highest BCUT2D eigenvalue weighted by Gasteiger charge is 2.31. The fraction of sp³-hybridized carbons (Fsp3) is 0.391. The number of hydrogen-bond donors (Lipinski definition) is 1. The van der Waals surface area contributed by atoms with Gasteiger partial charge in [0.2, 0.25) is 5.91 Å². The molecule has 1 atom stereocenters. The number of nitrogens with one attached hydrogen (secondary N) is 1. The standard InChI is InChI=1S/C23H27ClFN3O2/c1-16(2)21(26-22(29)17-6-4-3-5-7-17)23(30)28-12-10-27(11-13-28)15-18-8-9-19(25)14-20(18)24/h3-9,14,16,21H,10-13,15H2,1-2H3,(H,26,29). The summed E-state index contributed by atoms with van der Waals surface area (Å²) in [6.45, 7) is 7.00. The van der Waals surface area contributed by atoms with Crippen LogP contribution in [0.1, 0.15) is 29.8 Å². The summed E-state index contributed by atoms with van der Waals surface area (Å²) in [6.07, 6.45) is 0. The van der Waals surface area contributed by atoms with Gasteiger partial charge >= 0.3 is 0 Å². The molecule has 0 spiro atoms. The maximum atomic E-state index is 13.2. The van der Waals surface area contributed by atoms with Gasteiger partial charge in [0.25, 0.3) is 5.91 Å². The second kappa shape index (κ2) is 10.0. The van der Waals surface area contributed by atoms with Crippen molar-refractivity contribution >= 4 is 23.4 Å². The second-order valence-corrected chi connectivity index (χ2v) is 8.31. The molecule has 30 heavy (non-hydrogen) atoms. The summed E-state index contributed by atoms with van der Waals surface area (Å²) < 4.78 is 13.2. The Morgan fingerprint density at radius 2 is 1.73 bits per heavy atom. The Morgan fingerprint density at radius 3 is 2.33 bits per heavy atom. The van der Waals surface area contributed by atoms with Gasteiger partial charge in [0.15, 0.2) is 0 Å². The molecule has 5 nitrogen and oxygen atoms in total. The van der Waals surface area contributed by atoms with Gasteiger partial charge in [-0.3, -0.25) is 14.5 Å². The average Bonchev–Trinajstić information content (AvgIpc) is 2.74. The predicted octanol–water partition coefficient (Wildman–Crippen LogP) is 3.58. The molecule has 1 N–H and O–H groups in total. The van der Waals surface area contributed by atoms with Crippen molar-refractivity contribution in [1.82, 2.24) is 15.1 Å². The Balaban J connectivity index is 1.57. The number of piperazine rings is 1. The van der Waals surface area contributed by atoms with Crippen LogP contribution in [-0.4, -0.2) is 53.8 Å². The lowest BCUT2D eigenvalue weighted by molar-refractivity contribution is -0.136. The molecule has 2 aromatic rings. The van der Waals surface area contributed by atoms with Crippen LogP contribution in [0.25, 0.3) is 0 Å². The zero-order valence-corrected chi connectivity index (χ0v) is 18.0. The van der Waals surface area contributed by atoms with Gasteiger partial charge in [0, 0.05) is 43.3 Å². The molecule has 0 aromatic heterocycles. The first kappa shape index (κ1) is 22.2. The van der Waals surface area contributed by atoms with Crippen LogP contribution in [0, 0.1) is 11.7 Å². The zero-order valence-electron chi connectivity index (χ0n) is 17.3. The Hall–Kier alpha value is -2.44. The van der Waals surface area contributed by atoms with E-state index in [0.29, 0.717) is 43.3 Å². The number of hydrogen-bond acceptors (Lipinski definition) is 3. The summed E-state index contributed by atoms with van der Waals surface area (Å²) in [5.41, 5.74) is 1.41. The van der Waals surface area contributed by atoms with E-state index in [1.807, 2.05) is 19.9 Å². The summed E-state index contributed by atoms with van der Waals surface area (Å²) in [5.74, 6) is -0.682. The van der Waals surface area contributed by atoms with Crippen molar-refractivity contribution in [2.24, 2.45) is 5.92 Å². The van der Waals surface area contributed by atoms with Crippen molar-refractivity contribution in [3.05, 3.63) is 70.5 Å². The molecule has 3 rings (SSSR count). The van der Waals surface area contributed by atoms with E-state index in [4.69, 9.17) is 11.6 Å². The molecular weight excluding hydrogens is 405 g/mol. The molecule has 1 saturated heterocycles. The first-order chi connectivity index (χ1) is 14.3. The van der Waals surface area contributed by atoms with Crippen LogP contribution in [0.2, 0.25) is 5.02 Å². The van der Waals surface area contributed by atoms with Crippen molar-refractivity contribution in [3.63, 3.8) is 0 Å². The first-order valence-corrected chi connectivity index (χ1v) is 10.5. The van der Waals surface area contributed by atoms with Crippen LogP contribution in [0.4, 0.5) is 4.39 Å². The summed E-state index contributed by atoms with van der Waals surface area (Å²) in [4.78, 5) is 29.6. The van der Waals surface area contributed by atoms with Crippen LogP contribution in [0.5, 0.6) is 0 Å². The zero-order chi connectivity index (χ0) is 21.7. The number of nitrogens with zero attached hydrogens (tertiary/aromatic N) is 2. The van der Waals surface area contributed by atoms with Gasteiger partial charge in [-0.05, 0) is 35.7 Å². The summed E-state index contributed by atoms with van der Waals surface area (Å²) in [5, 5.41) is 3.31. The highest BCUT2D eigenvalue weighted by molar-refractivity contribution is 6.31. The van der Waals surface area contributed by atoms with Crippen LogP contribution in [-0.2, 0) is 11.3 Å². The van der Waals surface area contributed by atoms with Gasteiger partial charge in [0.05, 0.1) is 0 Å². The number of carbonyl (C=O) groups excluding carboxylic acids is 2. The van der Waals surface area contributed by atoms with Gasteiger partial charge in [-0.1, -0.05) is 49.7 Å². The van der Waals surface area contributed by atoms with Crippen LogP contribution < -0.4 is 5.32 Å². The Bertz CT molecular complexity index is 883. The number of benzene rings is 2. The third-order valence-corrected chi connectivity index (χ3v) is 5.70. The topological polar surface area (TPSA) is 52.7 Å². The summed E-state index contributed by atoms with van der Waals surface area (Å²) >= 11 is 6.13. The van der Waals surface area contributed by atoms with E-state index in [1.54, 1.807) is 35.2 Å².